The third-order valence-corrected chi connectivity index (χ3v) is 5.94. The minimum Gasteiger partial charge on any atom is -0.338 e. The van der Waals surface area contributed by atoms with Gasteiger partial charge in [0.15, 0.2) is 4.77 Å². The summed E-state index contributed by atoms with van der Waals surface area (Å²) >= 11 is 5.17. The molecule has 160 valence electrons. The van der Waals surface area contributed by atoms with Crippen LogP contribution in [-0.2, 0) is 11.8 Å². The van der Waals surface area contributed by atoms with Crippen molar-refractivity contribution in [1.29, 1.82) is 0 Å². The summed E-state index contributed by atoms with van der Waals surface area (Å²) in [5, 5.41) is 3.32. The van der Waals surface area contributed by atoms with Crippen molar-refractivity contribution in [2.24, 2.45) is 13.0 Å². The van der Waals surface area contributed by atoms with E-state index in [9.17, 15) is 14.4 Å². The molecule has 2 aromatic heterocycles. The van der Waals surface area contributed by atoms with Gasteiger partial charge in [0, 0.05) is 31.4 Å². The summed E-state index contributed by atoms with van der Waals surface area (Å²) in [4.78, 5) is 47.2. The van der Waals surface area contributed by atoms with Crippen LogP contribution < -0.4 is 10.9 Å². The molecule has 0 radical (unpaired) electrons. The number of H-pyrrole nitrogens is 1. The van der Waals surface area contributed by atoms with E-state index in [4.69, 9.17) is 12.2 Å². The summed E-state index contributed by atoms with van der Waals surface area (Å²) in [7, 11) is 1.60. The molecule has 1 unspecified atom stereocenters. The zero-order chi connectivity index (χ0) is 22.1. The number of hydrogen-bond acceptors (Lipinski definition) is 5. The van der Waals surface area contributed by atoms with Crippen molar-refractivity contribution < 1.29 is 9.59 Å². The van der Waals surface area contributed by atoms with Crippen molar-refractivity contribution in [3.63, 3.8) is 0 Å². The van der Waals surface area contributed by atoms with E-state index in [1.807, 2.05) is 19.1 Å². The van der Waals surface area contributed by atoms with Crippen molar-refractivity contribution in [1.82, 2.24) is 19.4 Å². The van der Waals surface area contributed by atoms with Crippen LogP contribution in [0.5, 0.6) is 0 Å². The molecule has 2 N–H and O–H groups in total. The fourth-order valence-corrected chi connectivity index (χ4v) is 4.03. The van der Waals surface area contributed by atoms with Crippen LogP contribution in [0.3, 0.4) is 0 Å². The van der Waals surface area contributed by atoms with Crippen LogP contribution in [0.25, 0.3) is 10.9 Å². The second-order valence-corrected chi connectivity index (χ2v) is 8.19. The number of aryl methyl sites for hydroxylation is 1. The smallest absolute Gasteiger partial charge is 0.261 e. The Bertz CT molecular complexity index is 1300. The summed E-state index contributed by atoms with van der Waals surface area (Å²) in [5.41, 5.74) is 1.59. The first-order chi connectivity index (χ1) is 14.8. The lowest BCUT2D eigenvalue weighted by Gasteiger charge is -2.32. The van der Waals surface area contributed by atoms with E-state index in [0.29, 0.717) is 46.6 Å². The van der Waals surface area contributed by atoms with Gasteiger partial charge in [-0.2, -0.15) is 0 Å². The number of nitrogens with one attached hydrogen (secondary N) is 2. The third-order valence-electron chi connectivity index (χ3n) is 5.57. The van der Waals surface area contributed by atoms with Crippen LogP contribution in [0.4, 0.5) is 5.82 Å². The quantitative estimate of drug-likeness (QED) is 0.614. The largest absolute Gasteiger partial charge is 0.338 e. The molecule has 0 aliphatic carbocycles. The minimum atomic E-state index is -0.307. The highest BCUT2D eigenvalue weighted by molar-refractivity contribution is 7.71. The molecular formula is C22H23N5O3S. The Morgan fingerprint density at radius 1 is 1.26 bits per heavy atom. The summed E-state index contributed by atoms with van der Waals surface area (Å²) in [5.74, 6) is -0.104. The Balaban J connectivity index is 1.52. The number of aromatic amines is 1. The highest BCUT2D eigenvalue weighted by Gasteiger charge is 2.29. The standard InChI is InChI=1S/C22H23N5O3S/c1-13-5-3-7-18(23-13)25-19(28)15-6-4-10-27(12-15)20(29)14-8-9-16-17(11-14)24-22(31)26(2)21(16)30/h3,5,7-9,11,15H,4,6,10,12H2,1-2H3,(H,24,31)(H,23,25,28). The number of hydrogen-bond donors (Lipinski definition) is 2. The molecule has 0 spiro atoms. The van der Waals surface area contributed by atoms with E-state index >= 15 is 0 Å². The van der Waals surface area contributed by atoms with Crippen molar-refractivity contribution in [2.45, 2.75) is 19.8 Å². The first-order valence-corrected chi connectivity index (χ1v) is 10.5. The Morgan fingerprint density at radius 2 is 2.06 bits per heavy atom. The highest BCUT2D eigenvalue weighted by Crippen LogP contribution is 2.21. The van der Waals surface area contributed by atoms with Crippen LogP contribution in [-0.4, -0.2) is 44.3 Å². The van der Waals surface area contributed by atoms with Gasteiger partial charge in [-0.1, -0.05) is 6.07 Å². The maximum absolute atomic E-state index is 13.1. The zero-order valence-electron chi connectivity index (χ0n) is 17.3. The molecule has 0 saturated carbocycles. The Kier molecular flexibility index (Phi) is 5.69. The van der Waals surface area contributed by atoms with Gasteiger partial charge in [-0.05, 0) is 62.3 Å². The first-order valence-electron chi connectivity index (χ1n) is 10.1. The number of aromatic nitrogens is 3. The maximum Gasteiger partial charge on any atom is 0.261 e. The molecule has 8 nitrogen and oxygen atoms in total. The van der Waals surface area contributed by atoms with Gasteiger partial charge in [0.2, 0.25) is 5.91 Å². The topological polar surface area (TPSA) is 100 Å². The highest BCUT2D eigenvalue weighted by atomic mass is 32.1. The van der Waals surface area contributed by atoms with Crippen LogP contribution in [0.2, 0.25) is 0 Å². The van der Waals surface area contributed by atoms with Gasteiger partial charge in [-0.3, -0.25) is 19.0 Å². The number of benzene rings is 1. The molecule has 2 amide bonds. The summed E-state index contributed by atoms with van der Waals surface area (Å²) in [6.45, 7) is 2.78. The van der Waals surface area contributed by atoms with Gasteiger partial charge in [0.05, 0.1) is 16.8 Å². The summed E-state index contributed by atoms with van der Waals surface area (Å²) in [6.07, 6.45) is 1.45. The molecule has 4 rings (SSSR count). The van der Waals surface area contributed by atoms with E-state index in [2.05, 4.69) is 15.3 Å². The van der Waals surface area contributed by atoms with E-state index in [-0.39, 0.29) is 23.3 Å². The van der Waals surface area contributed by atoms with E-state index < -0.39 is 0 Å². The predicted molar refractivity (Wildman–Crippen MR) is 121 cm³/mol. The average molecular weight is 438 g/mol. The van der Waals surface area contributed by atoms with E-state index in [1.165, 1.54) is 4.57 Å². The normalized spacial score (nSPS) is 16.3. The lowest BCUT2D eigenvalue weighted by Crippen LogP contribution is -2.43. The van der Waals surface area contributed by atoms with E-state index in [0.717, 1.165) is 12.1 Å². The van der Waals surface area contributed by atoms with Gasteiger partial charge in [-0.25, -0.2) is 4.98 Å². The fourth-order valence-electron chi connectivity index (χ4n) is 3.84. The van der Waals surface area contributed by atoms with Crippen LogP contribution in [0.1, 0.15) is 28.9 Å². The van der Waals surface area contributed by atoms with Crippen molar-refractivity contribution in [3.05, 3.63) is 62.8 Å². The van der Waals surface area contributed by atoms with Gasteiger partial charge in [0.1, 0.15) is 5.82 Å². The number of nitrogens with zero attached hydrogens (tertiary/aromatic N) is 3. The maximum atomic E-state index is 13.1. The number of fused-ring (bicyclic) bond motifs is 1. The Hall–Kier alpha value is -3.33. The average Bonchev–Trinajstić information content (AvgIpc) is 2.77. The number of piperidine rings is 1. The monoisotopic (exact) mass is 437 g/mol. The van der Waals surface area contributed by atoms with Gasteiger partial charge in [-0.15, -0.1) is 0 Å². The molecule has 1 aliphatic rings. The van der Waals surface area contributed by atoms with Crippen LogP contribution in [0.15, 0.2) is 41.2 Å². The van der Waals surface area contributed by atoms with Gasteiger partial charge in [0.25, 0.3) is 11.5 Å². The number of pyridine rings is 1. The zero-order valence-corrected chi connectivity index (χ0v) is 18.2. The minimum absolute atomic E-state index is 0.137. The molecule has 3 aromatic rings. The van der Waals surface area contributed by atoms with Crippen molar-refractivity contribution >= 4 is 40.8 Å². The Morgan fingerprint density at radius 3 is 2.84 bits per heavy atom. The molecule has 1 saturated heterocycles. The molecule has 9 heteroatoms. The van der Waals surface area contributed by atoms with Crippen LogP contribution in [0, 0.1) is 17.6 Å². The van der Waals surface area contributed by atoms with Crippen molar-refractivity contribution in [2.75, 3.05) is 18.4 Å². The van der Waals surface area contributed by atoms with Gasteiger partial charge < -0.3 is 15.2 Å². The molecule has 1 aliphatic heterocycles. The number of carbonyl (C=O) groups excluding carboxylic acids is 2. The lowest BCUT2D eigenvalue weighted by molar-refractivity contribution is -0.121. The molecule has 3 heterocycles. The SMILES string of the molecule is Cc1cccc(NC(=O)C2CCCN(C(=O)c3ccc4c(=O)n(C)c(=S)[nH]c4c3)C2)n1. The molecular weight excluding hydrogens is 414 g/mol. The number of anilines is 1. The number of likely N-dealkylation sites (tertiary alicyclic amines) is 1. The third kappa shape index (κ3) is 4.27. The second-order valence-electron chi connectivity index (χ2n) is 7.80. The number of rotatable bonds is 3. The molecule has 1 fully saturated rings. The number of amides is 2. The lowest BCUT2D eigenvalue weighted by atomic mass is 9.96. The molecule has 1 atom stereocenters. The summed E-state index contributed by atoms with van der Waals surface area (Å²) in [6, 6.07) is 10.4. The second kappa shape index (κ2) is 8.43. The number of carbonyl (C=O) groups is 2. The Labute approximate surface area is 183 Å². The predicted octanol–water partition coefficient (Wildman–Crippen LogP) is 2.79. The van der Waals surface area contributed by atoms with Crippen molar-refractivity contribution in [3.8, 4) is 0 Å². The molecule has 1 aromatic carbocycles. The fraction of sp³-hybridized carbons (Fsp3) is 0.318. The first kappa shape index (κ1) is 20.9. The molecule has 31 heavy (non-hydrogen) atoms. The summed E-state index contributed by atoms with van der Waals surface area (Å²) < 4.78 is 1.65. The van der Waals surface area contributed by atoms with E-state index in [1.54, 1.807) is 36.2 Å². The van der Waals surface area contributed by atoms with Gasteiger partial charge >= 0.3 is 0 Å². The molecule has 0 bridgehead atoms. The van der Waals surface area contributed by atoms with Crippen LogP contribution >= 0.6 is 12.2 Å².